The number of aryl methyl sites for hydroxylation is 4. The molecule has 0 radical (unpaired) electrons. The first-order valence-corrected chi connectivity index (χ1v) is 11.6. The molecule has 6 nitrogen and oxygen atoms in total. The van der Waals surface area contributed by atoms with Gasteiger partial charge >= 0.3 is 0 Å². The molecule has 2 aromatic heterocycles. The van der Waals surface area contributed by atoms with E-state index in [1.807, 2.05) is 45.9 Å². The fourth-order valence-corrected chi connectivity index (χ4v) is 4.24. The Morgan fingerprint density at radius 2 is 1.75 bits per heavy atom. The van der Waals surface area contributed by atoms with Gasteiger partial charge in [-0.05, 0) is 62.9 Å². The molecule has 0 atom stereocenters. The van der Waals surface area contributed by atoms with Crippen LogP contribution in [0.3, 0.4) is 0 Å². The predicted molar refractivity (Wildman–Crippen MR) is 130 cm³/mol. The summed E-state index contributed by atoms with van der Waals surface area (Å²) in [6.45, 7) is 10.2. The number of anilines is 1. The molecular weight excluding hydrogens is 418 g/mol. The van der Waals surface area contributed by atoms with Crippen molar-refractivity contribution in [2.24, 2.45) is 0 Å². The second-order valence-electron chi connectivity index (χ2n) is 8.11. The Morgan fingerprint density at radius 3 is 2.50 bits per heavy atom. The monoisotopic (exact) mass is 445 g/mol. The first-order valence-electron chi connectivity index (χ1n) is 10.6. The quantitative estimate of drug-likeness (QED) is 0.424. The van der Waals surface area contributed by atoms with Crippen LogP contribution in [0.4, 0.5) is 5.69 Å². The van der Waals surface area contributed by atoms with Crippen LogP contribution in [0, 0.1) is 34.6 Å². The van der Waals surface area contributed by atoms with Crippen LogP contribution in [0.15, 0.2) is 47.6 Å². The van der Waals surface area contributed by atoms with Crippen molar-refractivity contribution in [1.29, 1.82) is 0 Å². The van der Waals surface area contributed by atoms with Gasteiger partial charge < -0.3 is 5.32 Å². The molecular formula is C25H27N5OS. The Balaban J connectivity index is 1.49. The maximum Gasteiger partial charge on any atom is 0.253 e. The lowest BCUT2D eigenvalue weighted by atomic mass is 10.0. The number of thioether (sulfide) groups is 1. The van der Waals surface area contributed by atoms with Gasteiger partial charge in [0.05, 0.1) is 5.75 Å². The van der Waals surface area contributed by atoms with Gasteiger partial charge in [0.2, 0.25) is 11.1 Å². The predicted octanol–water partition coefficient (Wildman–Crippen LogP) is 4.99. The van der Waals surface area contributed by atoms with E-state index in [4.69, 9.17) is 0 Å². The van der Waals surface area contributed by atoms with E-state index in [-0.39, 0.29) is 11.7 Å². The Kier molecular flexibility index (Phi) is 6.28. The highest BCUT2D eigenvalue weighted by Crippen LogP contribution is 2.22. The summed E-state index contributed by atoms with van der Waals surface area (Å²) in [6.07, 6.45) is 0.793. The number of rotatable bonds is 6. The third-order valence-corrected chi connectivity index (χ3v) is 6.58. The van der Waals surface area contributed by atoms with Crippen molar-refractivity contribution in [2.75, 3.05) is 11.1 Å². The molecule has 0 saturated heterocycles. The Morgan fingerprint density at radius 1 is 1.00 bits per heavy atom. The molecule has 0 aliphatic carbocycles. The molecule has 0 fully saturated rings. The molecule has 7 heteroatoms. The maximum atomic E-state index is 12.5. The minimum atomic E-state index is -0.0801. The normalized spacial score (nSPS) is 11.2. The minimum absolute atomic E-state index is 0.0801. The fraction of sp³-hybridized carbons (Fsp3) is 0.280. The summed E-state index contributed by atoms with van der Waals surface area (Å²) in [5.41, 5.74) is 8.67. The van der Waals surface area contributed by atoms with Crippen LogP contribution in [0.2, 0.25) is 0 Å². The van der Waals surface area contributed by atoms with Crippen LogP contribution in [0.25, 0.3) is 5.78 Å². The summed E-state index contributed by atoms with van der Waals surface area (Å²) in [5.74, 6) is 0.715. The summed E-state index contributed by atoms with van der Waals surface area (Å²) in [7, 11) is 0. The Labute approximate surface area is 192 Å². The zero-order valence-electron chi connectivity index (χ0n) is 19.1. The molecule has 1 amide bonds. The second-order valence-corrected chi connectivity index (χ2v) is 9.06. The van der Waals surface area contributed by atoms with E-state index in [1.54, 1.807) is 4.52 Å². The number of hydrogen-bond donors (Lipinski definition) is 1. The van der Waals surface area contributed by atoms with Crippen molar-refractivity contribution >= 4 is 29.1 Å². The standard InChI is InChI=1S/C25H27N5OS/c1-15-9-11-20(12-10-15)13-21-18(4)26-24-28-25(29-30(24)19(21)5)32-14-23(31)27-22-8-6-7-16(2)17(22)3/h6-12H,13-14H2,1-5H3,(H,27,31). The molecule has 2 heterocycles. The molecule has 0 aliphatic heterocycles. The first-order chi connectivity index (χ1) is 15.3. The molecule has 0 bridgehead atoms. The molecule has 164 valence electrons. The average molecular weight is 446 g/mol. The van der Waals surface area contributed by atoms with E-state index >= 15 is 0 Å². The first kappa shape index (κ1) is 22.0. The number of aromatic nitrogens is 4. The van der Waals surface area contributed by atoms with Gasteiger partial charge in [-0.25, -0.2) is 9.50 Å². The second kappa shape index (κ2) is 9.12. The van der Waals surface area contributed by atoms with Crippen molar-refractivity contribution in [3.8, 4) is 0 Å². The van der Waals surface area contributed by atoms with Gasteiger partial charge in [0.25, 0.3) is 5.78 Å². The van der Waals surface area contributed by atoms with Gasteiger partial charge in [-0.1, -0.05) is 53.7 Å². The van der Waals surface area contributed by atoms with Gasteiger partial charge in [0, 0.05) is 23.5 Å². The highest BCUT2D eigenvalue weighted by Gasteiger charge is 2.15. The van der Waals surface area contributed by atoms with Crippen molar-refractivity contribution in [1.82, 2.24) is 19.6 Å². The lowest BCUT2D eigenvalue weighted by molar-refractivity contribution is -0.113. The molecule has 1 N–H and O–H groups in total. The average Bonchev–Trinajstić information content (AvgIpc) is 3.17. The van der Waals surface area contributed by atoms with Crippen molar-refractivity contribution < 1.29 is 4.79 Å². The summed E-state index contributed by atoms with van der Waals surface area (Å²) >= 11 is 1.31. The Hall–Kier alpha value is -3.19. The number of carbonyl (C=O) groups is 1. The van der Waals surface area contributed by atoms with Gasteiger partial charge in [-0.2, -0.15) is 4.98 Å². The number of hydrogen-bond acceptors (Lipinski definition) is 5. The highest BCUT2D eigenvalue weighted by atomic mass is 32.2. The molecule has 4 rings (SSSR count). The lowest BCUT2D eigenvalue weighted by Gasteiger charge is -2.10. The number of nitrogens with one attached hydrogen (secondary N) is 1. The number of carbonyl (C=O) groups excluding carboxylic acids is 1. The molecule has 2 aromatic carbocycles. The van der Waals surface area contributed by atoms with E-state index in [1.165, 1.54) is 22.9 Å². The molecule has 0 aliphatic rings. The van der Waals surface area contributed by atoms with Crippen LogP contribution in [-0.2, 0) is 11.2 Å². The van der Waals surface area contributed by atoms with Crippen LogP contribution >= 0.6 is 11.8 Å². The SMILES string of the molecule is Cc1ccc(Cc2c(C)nc3nc(SCC(=O)Nc4cccc(C)c4C)nn3c2C)cc1. The van der Waals surface area contributed by atoms with Gasteiger partial charge in [-0.3, -0.25) is 4.79 Å². The van der Waals surface area contributed by atoms with Crippen molar-refractivity contribution in [3.05, 3.63) is 81.7 Å². The van der Waals surface area contributed by atoms with E-state index < -0.39 is 0 Å². The van der Waals surface area contributed by atoms with Crippen LogP contribution < -0.4 is 5.32 Å². The third-order valence-electron chi connectivity index (χ3n) is 5.74. The van der Waals surface area contributed by atoms with Gasteiger partial charge in [-0.15, -0.1) is 5.10 Å². The highest BCUT2D eigenvalue weighted by molar-refractivity contribution is 7.99. The number of fused-ring (bicyclic) bond motifs is 1. The topological polar surface area (TPSA) is 72.2 Å². The minimum Gasteiger partial charge on any atom is -0.325 e. The third kappa shape index (κ3) is 4.67. The molecule has 0 spiro atoms. The number of nitrogens with zero attached hydrogens (tertiary/aromatic N) is 4. The Bertz CT molecular complexity index is 1290. The van der Waals surface area contributed by atoms with Gasteiger partial charge in [0.15, 0.2) is 0 Å². The van der Waals surface area contributed by atoms with Crippen molar-refractivity contribution in [3.63, 3.8) is 0 Å². The summed E-state index contributed by atoms with van der Waals surface area (Å²) < 4.78 is 1.78. The molecule has 0 unspecified atom stereocenters. The lowest BCUT2D eigenvalue weighted by Crippen LogP contribution is -2.15. The zero-order chi connectivity index (χ0) is 22.8. The summed E-state index contributed by atoms with van der Waals surface area (Å²) in [5, 5.41) is 8.13. The zero-order valence-corrected chi connectivity index (χ0v) is 19.9. The van der Waals surface area contributed by atoms with E-state index in [9.17, 15) is 4.79 Å². The van der Waals surface area contributed by atoms with Crippen molar-refractivity contribution in [2.45, 2.75) is 46.2 Å². The number of amides is 1. The maximum absolute atomic E-state index is 12.5. The molecule has 32 heavy (non-hydrogen) atoms. The van der Waals surface area contributed by atoms with Crippen LogP contribution in [0.5, 0.6) is 0 Å². The van der Waals surface area contributed by atoms with Gasteiger partial charge in [0.1, 0.15) is 0 Å². The van der Waals surface area contributed by atoms with Crippen LogP contribution in [-0.4, -0.2) is 31.2 Å². The number of benzene rings is 2. The molecule has 0 saturated carbocycles. The van der Waals surface area contributed by atoms with E-state index in [0.717, 1.165) is 40.2 Å². The summed E-state index contributed by atoms with van der Waals surface area (Å²) in [4.78, 5) is 21.6. The van der Waals surface area contributed by atoms with E-state index in [0.29, 0.717) is 10.9 Å². The van der Waals surface area contributed by atoms with Crippen LogP contribution in [0.1, 0.15) is 39.2 Å². The summed E-state index contributed by atoms with van der Waals surface area (Å²) in [6, 6.07) is 14.4. The fourth-order valence-electron chi connectivity index (χ4n) is 3.62. The smallest absolute Gasteiger partial charge is 0.253 e. The largest absolute Gasteiger partial charge is 0.325 e. The molecule has 4 aromatic rings. The van der Waals surface area contributed by atoms with E-state index in [2.05, 4.69) is 51.6 Å².